The van der Waals surface area contributed by atoms with E-state index in [-0.39, 0.29) is 5.82 Å². The Balaban J connectivity index is 0.000000299. The SMILES string of the molecule is CC.CNCc1c[nH]c2cc(Nc3ccc(F)cc3Cl)ccc12.Sc1cccnc1. The highest BCUT2D eigenvalue weighted by Gasteiger charge is 2.06. The summed E-state index contributed by atoms with van der Waals surface area (Å²) in [5.74, 6) is -0.345. The average molecular weight is 445 g/mol. The van der Waals surface area contributed by atoms with Gasteiger partial charge in [-0.3, -0.25) is 4.98 Å². The van der Waals surface area contributed by atoms with E-state index in [1.807, 2.05) is 51.4 Å². The summed E-state index contributed by atoms with van der Waals surface area (Å²) in [6.07, 6.45) is 5.42. The van der Waals surface area contributed by atoms with Gasteiger partial charge >= 0.3 is 0 Å². The Labute approximate surface area is 187 Å². The molecule has 2 aromatic carbocycles. The summed E-state index contributed by atoms with van der Waals surface area (Å²) in [5.41, 5.74) is 3.84. The first-order valence-electron chi connectivity index (χ1n) is 9.62. The average Bonchev–Trinajstić information content (AvgIpc) is 3.15. The second kappa shape index (κ2) is 12.2. The molecule has 0 unspecified atom stereocenters. The number of pyridine rings is 1. The van der Waals surface area contributed by atoms with Gasteiger partial charge in [0, 0.05) is 46.6 Å². The van der Waals surface area contributed by atoms with Crippen molar-refractivity contribution in [3.05, 3.63) is 83.5 Å². The number of fused-ring (bicyclic) bond motifs is 1. The molecule has 4 aromatic rings. The van der Waals surface area contributed by atoms with Crippen LogP contribution in [-0.2, 0) is 6.54 Å². The highest BCUT2D eigenvalue weighted by Crippen LogP contribution is 2.28. The molecule has 2 aromatic heterocycles. The molecule has 4 rings (SSSR count). The van der Waals surface area contributed by atoms with Crippen LogP contribution in [0.5, 0.6) is 0 Å². The van der Waals surface area contributed by atoms with Crippen molar-refractivity contribution in [2.75, 3.05) is 12.4 Å². The van der Waals surface area contributed by atoms with E-state index in [9.17, 15) is 4.39 Å². The third kappa shape index (κ3) is 6.76. The first-order valence-corrected chi connectivity index (χ1v) is 10.4. The Morgan fingerprint density at radius 2 is 1.93 bits per heavy atom. The Morgan fingerprint density at radius 3 is 2.53 bits per heavy atom. The van der Waals surface area contributed by atoms with Crippen LogP contribution in [0.3, 0.4) is 0 Å². The number of aromatic amines is 1. The molecule has 0 aliphatic rings. The van der Waals surface area contributed by atoms with Gasteiger partial charge in [0.15, 0.2) is 0 Å². The van der Waals surface area contributed by atoms with E-state index >= 15 is 0 Å². The summed E-state index contributed by atoms with van der Waals surface area (Å²) in [6.45, 7) is 4.82. The number of nitrogens with one attached hydrogen (secondary N) is 3. The predicted octanol–water partition coefficient (Wildman–Crippen LogP) is 6.82. The summed E-state index contributed by atoms with van der Waals surface area (Å²) in [4.78, 5) is 7.96. The molecule has 0 spiro atoms. The lowest BCUT2D eigenvalue weighted by atomic mass is 10.1. The van der Waals surface area contributed by atoms with Crippen molar-refractivity contribution in [2.24, 2.45) is 0 Å². The Bertz CT molecular complexity index is 1050. The number of aromatic nitrogens is 2. The van der Waals surface area contributed by atoms with Crippen LogP contribution in [0.1, 0.15) is 19.4 Å². The summed E-state index contributed by atoms with van der Waals surface area (Å²) in [6, 6.07) is 14.1. The lowest BCUT2D eigenvalue weighted by molar-refractivity contribution is 0.628. The van der Waals surface area contributed by atoms with Crippen LogP contribution in [0.15, 0.2) is 72.0 Å². The number of thiol groups is 1. The number of rotatable bonds is 4. The second-order valence-electron chi connectivity index (χ2n) is 6.06. The molecule has 30 heavy (non-hydrogen) atoms. The van der Waals surface area contributed by atoms with Gasteiger partial charge < -0.3 is 15.6 Å². The maximum Gasteiger partial charge on any atom is 0.124 e. The molecule has 0 radical (unpaired) electrons. The van der Waals surface area contributed by atoms with Gasteiger partial charge in [0.25, 0.3) is 0 Å². The molecule has 3 N–H and O–H groups in total. The van der Waals surface area contributed by atoms with Crippen LogP contribution in [0, 0.1) is 5.82 Å². The van der Waals surface area contributed by atoms with E-state index < -0.39 is 0 Å². The van der Waals surface area contributed by atoms with Crippen LogP contribution in [0.2, 0.25) is 5.02 Å². The number of nitrogens with zero attached hydrogens (tertiary/aromatic N) is 1. The Morgan fingerprint density at radius 1 is 1.13 bits per heavy atom. The van der Waals surface area contributed by atoms with Crippen LogP contribution in [-0.4, -0.2) is 17.0 Å². The lowest BCUT2D eigenvalue weighted by Gasteiger charge is -2.09. The summed E-state index contributed by atoms with van der Waals surface area (Å²) < 4.78 is 13.0. The fourth-order valence-electron chi connectivity index (χ4n) is 2.70. The predicted molar refractivity (Wildman–Crippen MR) is 129 cm³/mol. The van der Waals surface area contributed by atoms with Crippen molar-refractivity contribution < 1.29 is 4.39 Å². The molecule has 0 amide bonds. The summed E-state index contributed by atoms with van der Waals surface area (Å²) in [5, 5.41) is 7.88. The van der Waals surface area contributed by atoms with Gasteiger partial charge in [0.2, 0.25) is 0 Å². The molecule has 0 aliphatic carbocycles. The van der Waals surface area contributed by atoms with Crippen molar-refractivity contribution in [2.45, 2.75) is 25.3 Å². The van der Waals surface area contributed by atoms with E-state index in [2.05, 4.69) is 39.3 Å². The fourth-order valence-corrected chi connectivity index (χ4v) is 3.07. The van der Waals surface area contributed by atoms with E-state index in [0.29, 0.717) is 10.7 Å². The zero-order valence-electron chi connectivity index (χ0n) is 17.2. The molecule has 0 saturated heterocycles. The smallest absolute Gasteiger partial charge is 0.124 e. The maximum atomic E-state index is 13.0. The standard InChI is InChI=1S/C16H15ClFN3.C5H5NS.C2H6/c1-19-8-10-9-20-16-7-12(3-4-13(10)16)21-15-5-2-11(18)6-14(15)17;7-5-2-1-3-6-4-5;1-2/h2-7,9,19-21H,8H2,1H3;1-4,7H;1-2H3. The molecule has 4 nitrogen and oxygen atoms in total. The highest BCUT2D eigenvalue weighted by atomic mass is 35.5. The molecular formula is C23H26ClFN4S. The number of hydrogen-bond acceptors (Lipinski definition) is 4. The minimum Gasteiger partial charge on any atom is -0.361 e. The number of H-pyrrole nitrogens is 1. The highest BCUT2D eigenvalue weighted by molar-refractivity contribution is 7.80. The van der Waals surface area contributed by atoms with Gasteiger partial charge in [-0.2, -0.15) is 0 Å². The molecule has 0 bridgehead atoms. The largest absolute Gasteiger partial charge is 0.361 e. The molecule has 7 heteroatoms. The molecule has 2 heterocycles. The van der Waals surface area contributed by atoms with Gasteiger partial charge in [0.1, 0.15) is 5.82 Å². The first-order chi connectivity index (χ1) is 14.6. The molecule has 158 valence electrons. The quantitative estimate of drug-likeness (QED) is 0.261. The van der Waals surface area contributed by atoms with E-state index in [0.717, 1.165) is 22.6 Å². The van der Waals surface area contributed by atoms with Gasteiger partial charge in [-0.05, 0) is 55.1 Å². The number of anilines is 2. The summed E-state index contributed by atoms with van der Waals surface area (Å²) >= 11 is 10.0. The first kappa shape index (κ1) is 23.7. The topological polar surface area (TPSA) is 52.7 Å². The Kier molecular flexibility index (Phi) is 9.67. The zero-order chi connectivity index (χ0) is 21.9. The van der Waals surface area contributed by atoms with Crippen LogP contribution < -0.4 is 10.6 Å². The van der Waals surface area contributed by atoms with Crippen molar-refractivity contribution in [1.29, 1.82) is 0 Å². The van der Waals surface area contributed by atoms with Gasteiger partial charge in [-0.15, -0.1) is 12.6 Å². The van der Waals surface area contributed by atoms with Gasteiger partial charge in [-0.1, -0.05) is 31.5 Å². The van der Waals surface area contributed by atoms with E-state index in [1.54, 1.807) is 18.5 Å². The van der Waals surface area contributed by atoms with E-state index in [1.165, 1.54) is 23.1 Å². The molecule has 0 aliphatic heterocycles. The second-order valence-corrected chi connectivity index (χ2v) is 6.99. The molecule has 0 fully saturated rings. The van der Waals surface area contributed by atoms with Crippen molar-refractivity contribution in [3.63, 3.8) is 0 Å². The molecule has 0 saturated carbocycles. The summed E-state index contributed by atoms with van der Waals surface area (Å²) in [7, 11) is 1.92. The van der Waals surface area contributed by atoms with Crippen molar-refractivity contribution >= 4 is 46.5 Å². The third-order valence-electron chi connectivity index (χ3n) is 3.99. The fraction of sp³-hybridized carbons (Fsp3) is 0.174. The van der Waals surface area contributed by atoms with Crippen LogP contribution in [0.25, 0.3) is 10.9 Å². The van der Waals surface area contributed by atoms with E-state index in [4.69, 9.17) is 11.6 Å². The molecule has 0 atom stereocenters. The lowest BCUT2D eigenvalue weighted by Crippen LogP contribution is -2.03. The normalized spacial score (nSPS) is 9.93. The number of hydrogen-bond donors (Lipinski definition) is 4. The van der Waals surface area contributed by atoms with Crippen molar-refractivity contribution in [3.8, 4) is 0 Å². The monoisotopic (exact) mass is 444 g/mol. The van der Waals surface area contributed by atoms with Crippen molar-refractivity contribution in [1.82, 2.24) is 15.3 Å². The maximum absolute atomic E-state index is 13.0. The van der Waals surface area contributed by atoms with Gasteiger partial charge in [0.05, 0.1) is 10.7 Å². The third-order valence-corrected chi connectivity index (χ3v) is 4.57. The van der Waals surface area contributed by atoms with Gasteiger partial charge in [-0.25, -0.2) is 4.39 Å². The van der Waals surface area contributed by atoms with Crippen LogP contribution in [0.4, 0.5) is 15.8 Å². The number of halogens is 2. The van der Waals surface area contributed by atoms with Crippen LogP contribution >= 0.6 is 24.2 Å². The molecular weight excluding hydrogens is 419 g/mol. The number of benzene rings is 2. The zero-order valence-corrected chi connectivity index (χ0v) is 18.9. The Hall–Kier alpha value is -2.54. The minimum absolute atomic E-state index is 0.345. The minimum atomic E-state index is -0.345.